The van der Waals surface area contributed by atoms with Gasteiger partial charge in [0.15, 0.2) is 5.82 Å². The summed E-state index contributed by atoms with van der Waals surface area (Å²) in [4.78, 5) is 33.3. The summed E-state index contributed by atoms with van der Waals surface area (Å²) in [6.45, 7) is 1.62. The minimum absolute atomic E-state index is 0.00278. The Labute approximate surface area is 207 Å². The molecule has 2 aliphatic heterocycles. The number of nitriles is 1. The lowest BCUT2D eigenvalue weighted by Gasteiger charge is -2.33. The van der Waals surface area contributed by atoms with E-state index in [-0.39, 0.29) is 37.4 Å². The fourth-order valence-corrected chi connectivity index (χ4v) is 4.86. The Morgan fingerprint density at radius 3 is 2.81 bits per heavy atom. The second-order valence-electron chi connectivity index (χ2n) is 9.12. The number of aromatic nitrogens is 2. The molecule has 2 amide bonds. The first-order valence-corrected chi connectivity index (χ1v) is 11.9. The standard InChI is InChI=1S/C25H26FN7O3/c26-16-12-18(13-27)33(14-16)23(34)15-32-9-5-17(6-10-32)29-21-4-3-20(24-19(21)2-1-8-28-24)25(35)30-22-7-11-36-31-22/h1-4,7-8,11,16-18,29H,5-6,9-10,12,14-15H2,(H,30,31,35)/t16-,18?/m0/s1. The van der Waals surface area contributed by atoms with Gasteiger partial charge in [-0.2, -0.15) is 5.26 Å². The average molecular weight is 492 g/mol. The van der Waals surface area contributed by atoms with Crippen molar-refractivity contribution in [3.8, 4) is 6.07 Å². The second-order valence-corrected chi connectivity index (χ2v) is 9.12. The van der Waals surface area contributed by atoms with Gasteiger partial charge in [-0.3, -0.25) is 19.5 Å². The van der Waals surface area contributed by atoms with Gasteiger partial charge in [0.2, 0.25) is 5.91 Å². The first-order chi connectivity index (χ1) is 17.5. The van der Waals surface area contributed by atoms with Crippen LogP contribution in [0.1, 0.15) is 29.6 Å². The first kappa shape index (κ1) is 23.7. The Balaban J connectivity index is 1.21. The smallest absolute Gasteiger partial charge is 0.259 e. The Morgan fingerprint density at radius 1 is 1.22 bits per heavy atom. The normalized spacial score (nSPS) is 20.8. The van der Waals surface area contributed by atoms with Crippen LogP contribution >= 0.6 is 0 Å². The molecule has 0 radical (unpaired) electrons. The van der Waals surface area contributed by atoms with Gasteiger partial charge in [-0.05, 0) is 37.1 Å². The third-order valence-electron chi connectivity index (χ3n) is 6.72. The highest BCUT2D eigenvalue weighted by Gasteiger charge is 2.36. The van der Waals surface area contributed by atoms with E-state index in [1.165, 1.54) is 11.2 Å². The van der Waals surface area contributed by atoms with Crippen molar-refractivity contribution in [2.45, 2.75) is 37.5 Å². The molecule has 0 bridgehead atoms. The monoisotopic (exact) mass is 491 g/mol. The molecule has 0 spiro atoms. The van der Waals surface area contributed by atoms with Gasteiger partial charge in [-0.15, -0.1) is 0 Å². The number of piperidine rings is 1. The molecule has 2 saturated heterocycles. The maximum absolute atomic E-state index is 13.7. The second kappa shape index (κ2) is 10.3. The molecule has 1 aromatic carbocycles. The third-order valence-corrected chi connectivity index (χ3v) is 6.72. The number of hydrogen-bond acceptors (Lipinski definition) is 8. The summed E-state index contributed by atoms with van der Waals surface area (Å²) in [5.74, 6) is -0.188. The number of benzene rings is 1. The summed E-state index contributed by atoms with van der Waals surface area (Å²) in [5, 5.41) is 20.0. The third kappa shape index (κ3) is 4.99. The van der Waals surface area contributed by atoms with Crippen molar-refractivity contribution in [3.63, 3.8) is 0 Å². The van der Waals surface area contributed by atoms with Crippen molar-refractivity contribution in [2.75, 3.05) is 36.8 Å². The molecule has 0 aliphatic carbocycles. The molecule has 1 unspecified atom stereocenters. The zero-order valence-corrected chi connectivity index (χ0v) is 19.6. The number of nitrogens with zero attached hydrogens (tertiary/aromatic N) is 5. The Bertz CT molecular complexity index is 1280. The molecule has 4 heterocycles. The molecule has 36 heavy (non-hydrogen) atoms. The molecular formula is C25H26FN7O3. The van der Waals surface area contributed by atoms with Gasteiger partial charge >= 0.3 is 0 Å². The lowest BCUT2D eigenvalue weighted by atomic mass is 10.0. The van der Waals surface area contributed by atoms with Gasteiger partial charge in [0.25, 0.3) is 5.91 Å². The molecule has 10 nitrogen and oxygen atoms in total. The number of rotatable bonds is 6. The summed E-state index contributed by atoms with van der Waals surface area (Å²) >= 11 is 0. The van der Waals surface area contributed by atoms with E-state index in [0.29, 0.717) is 30.0 Å². The van der Waals surface area contributed by atoms with Crippen molar-refractivity contribution < 1.29 is 18.5 Å². The summed E-state index contributed by atoms with van der Waals surface area (Å²) in [7, 11) is 0. The van der Waals surface area contributed by atoms with Crippen LogP contribution in [-0.2, 0) is 4.79 Å². The topological polar surface area (TPSA) is 127 Å². The van der Waals surface area contributed by atoms with Crippen molar-refractivity contribution in [2.24, 2.45) is 0 Å². The molecule has 11 heteroatoms. The van der Waals surface area contributed by atoms with Crippen LogP contribution in [0.3, 0.4) is 0 Å². The van der Waals surface area contributed by atoms with Gasteiger partial charge in [-0.25, -0.2) is 4.39 Å². The number of alkyl halides is 1. The summed E-state index contributed by atoms with van der Waals surface area (Å²) in [6, 6.07) is 10.5. The lowest BCUT2D eigenvalue weighted by molar-refractivity contribution is -0.132. The van der Waals surface area contributed by atoms with Crippen LogP contribution in [0.5, 0.6) is 0 Å². The number of nitrogens with one attached hydrogen (secondary N) is 2. The number of halogens is 1. The molecule has 2 aromatic heterocycles. The number of fused-ring (bicyclic) bond motifs is 1. The highest BCUT2D eigenvalue weighted by molar-refractivity contribution is 6.13. The molecule has 5 rings (SSSR count). The predicted octanol–water partition coefficient (Wildman–Crippen LogP) is 2.81. The highest BCUT2D eigenvalue weighted by Crippen LogP contribution is 2.28. The molecule has 2 aliphatic rings. The van der Waals surface area contributed by atoms with E-state index in [2.05, 4.69) is 25.7 Å². The number of amides is 2. The Kier molecular flexibility index (Phi) is 6.77. The summed E-state index contributed by atoms with van der Waals surface area (Å²) < 4.78 is 18.4. The minimum atomic E-state index is -1.13. The largest absolute Gasteiger partial charge is 0.382 e. The molecule has 2 atom stereocenters. The van der Waals surface area contributed by atoms with Crippen molar-refractivity contribution in [1.29, 1.82) is 5.26 Å². The zero-order valence-electron chi connectivity index (χ0n) is 19.6. The Morgan fingerprint density at radius 2 is 2.06 bits per heavy atom. The predicted molar refractivity (Wildman–Crippen MR) is 130 cm³/mol. The van der Waals surface area contributed by atoms with Crippen molar-refractivity contribution in [1.82, 2.24) is 19.9 Å². The van der Waals surface area contributed by atoms with E-state index in [0.717, 1.165) is 23.9 Å². The molecule has 2 N–H and O–H groups in total. The molecule has 0 saturated carbocycles. The van der Waals surface area contributed by atoms with Crippen LogP contribution < -0.4 is 10.6 Å². The number of carbonyl (C=O) groups is 2. The summed E-state index contributed by atoms with van der Waals surface area (Å²) in [6.07, 6.45) is 3.63. The number of pyridine rings is 1. The Hall–Kier alpha value is -4.04. The number of anilines is 2. The van der Waals surface area contributed by atoms with E-state index in [1.807, 2.05) is 24.3 Å². The number of hydrogen-bond donors (Lipinski definition) is 2. The van der Waals surface area contributed by atoms with Gasteiger partial charge in [0.05, 0.1) is 30.2 Å². The molecular weight excluding hydrogens is 465 g/mol. The van der Waals surface area contributed by atoms with Crippen molar-refractivity contribution >= 4 is 34.2 Å². The highest BCUT2D eigenvalue weighted by atomic mass is 19.1. The van der Waals surface area contributed by atoms with Gasteiger partial charge in [0, 0.05) is 48.9 Å². The first-order valence-electron chi connectivity index (χ1n) is 11.9. The number of carbonyl (C=O) groups excluding carboxylic acids is 2. The summed E-state index contributed by atoms with van der Waals surface area (Å²) in [5.41, 5.74) is 1.89. The van der Waals surface area contributed by atoms with Crippen LogP contribution in [0.2, 0.25) is 0 Å². The van der Waals surface area contributed by atoms with Gasteiger partial charge < -0.3 is 20.1 Å². The van der Waals surface area contributed by atoms with E-state index >= 15 is 0 Å². The van der Waals surface area contributed by atoms with Crippen LogP contribution in [0.15, 0.2) is 47.3 Å². The van der Waals surface area contributed by atoms with Crippen LogP contribution in [0, 0.1) is 11.3 Å². The minimum Gasteiger partial charge on any atom is -0.382 e. The fourth-order valence-electron chi connectivity index (χ4n) is 4.86. The van der Waals surface area contributed by atoms with E-state index in [4.69, 9.17) is 4.52 Å². The molecule has 186 valence electrons. The van der Waals surface area contributed by atoms with E-state index in [9.17, 15) is 19.2 Å². The van der Waals surface area contributed by atoms with Gasteiger partial charge in [0.1, 0.15) is 18.5 Å². The average Bonchev–Trinajstić information content (AvgIpc) is 3.54. The van der Waals surface area contributed by atoms with Crippen LogP contribution in [0.4, 0.5) is 15.9 Å². The zero-order chi connectivity index (χ0) is 25.1. The van der Waals surface area contributed by atoms with Crippen LogP contribution in [-0.4, -0.2) is 76.2 Å². The number of likely N-dealkylation sites (tertiary alicyclic amines) is 2. The van der Waals surface area contributed by atoms with Crippen LogP contribution in [0.25, 0.3) is 10.9 Å². The van der Waals surface area contributed by atoms with Crippen molar-refractivity contribution in [3.05, 3.63) is 48.4 Å². The van der Waals surface area contributed by atoms with Gasteiger partial charge in [-0.1, -0.05) is 5.16 Å². The van der Waals surface area contributed by atoms with E-state index < -0.39 is 12.2 Å². The molecule has 3 aromatic rings. The van der Waals surface area contributed by atoms with E-state index in [1.54, 1.807) is 18.3 Å². The lowest BCUT2D eigenvalue weighted by Crippen LogP contribution is -2.46. The SMILES string of the molecule is N#CC1C[C@H](F)CN1C(=O)CN1CCC(Nc2ccc(C(=O)Nc3ccon3)c3ncccc23)CC1. The fraction of sp³-hybridized carbons (Fsp3) is 0.400. The molecule has 2 fully saturated rings. The maximum Gasteiger partial charge on any atom is 0.259 e. The maximum atomic E-state index is 13.7. The quantitative estimate of drug-likeness (QED) is 0.539.